The molecule has 22 heavy (non-hydrogen) atoms. The van der Waals surface area contributed by atoms with E-state index in [1.165, 1.54) is 5.56 Å². The van der Waals surface area contributed by atoms with Gasteiger partial charge in [-0.3, -0.25) is 4.79 Å². The second kappa shape index (κ2) is 5.10. The Balaban J connectivity index is 1.90. The molecule has 3 aromatic rings. The van der Waals surface area contributed by atoms with Gasteiger partial charge < -0.3 is 5.32 Å². The van der Waals surface area contributed by atoms with Crippen molar-refractivity contribution in [3.8, 4) is 5.69 Å². The number of hydrogen-bond acceptors (Lipinski definition) is 3. The van der Waals surface area contributed by atoms with E-state index in [4.69, 9.17) is 0 Å². The Hall–Kier alpha value is -2.40. The molecule has 110 valence electrons. The molecule has 1 amide bonds. The van der Waals surface area contributed by atoms with Crippen LogP contribution in [0.25, 0.3) is 5.69 Å². The number of benzene rings is 1. The zero-order valence-corrected chi connectivity index (χ0v) is 12.9. The molecule has 1 N–H and O–H groups in total. The number of aryl methyl sites for hydroxylation is 1. The highest BCUT2D eigenvalue weighted by Crippen LogP contribution is 2.40. The number of amides is 1. The van der Waals surface area contributed by atoms with Crippen LogP contribution in [-0.2, 0) is 4.79 Å². The van der Waals surface area contributed by atoms with E-state index in [2.05, 4.69) is 27.2 Å². The van der Waals surface area contributed by atoms with E-state index in [1.54, 1.807) is 11.3 Å². The highest BCUT2D eigenvalue weighted by molar-refractivity contribution is 7.08. The monoisotopic (exact) mass is 309 g/mol. The predicted octanol–water partition coefficient (Wildman–Crippen LogP) is 3.72. The zero-order valence-electron chi connectivity index (χ0n) is 12.1. The molecule has 1 unspecified atom stereocenters. The lowest BCUT2D eigenvalue weighted by atomic mass is 9.87. The molecule has 0 saturated carbocycles. The highest BCUT2D eigenvalue weighted by Gasteiger charge is 2.32. The van der Waals surface area contributed by atoms with Crippen molar-refractivity contribution < 1.29 is 4.79 Å². The molecule has 5 heteroatoms. The Morgan fingerprint density at radius 3 is 2.82 bits per heavy atom. The fraction of sp³-hybridized carbons (Fsp3) is 0.176. The van der Waals surface area contributed by atoms with Crippen LogP contribution in [0.5, 0.6) is 0 Å². The van der Waals surface area contributed by atoms with Crippen molar-refractivity contribution in [1.29, 1.82) is 0 Å². The molecule has 0 spiro atoms. The van der Waals surface area contributed by atoms with Gasteiger partial charge in [-0.15, -0.1) is 0 Å². The first-order valence-electron chi connectivity index (χ1n) is 7.21. The number of para-hydroxylation sites is 1. The molecule has 1 atom stereocenters. The minimum absolute atomic E-state index is 0.0424. The topological polar surface area (TPSA) is 46.9 Å². The highest BCUT2D eigenvalue weighted by atomic mass is 32.1. The van der Waals surface area contributed by atoms with Gasteiger partial charge in [0.1, 0.15) is 5.82 Å². The third-order valence-corrected chi connectivity index (χ3v) is 4.75. The lowest BCUT2D eigenvalue weighted by Crippen LogP contribution is -2.24. The molecule has 4 rings (SSSR count). The van der Waals surface area contributed by atoms with Crippen LogP contribution in [0.15, 0.2) is 47.2 Å². The first-order chi connectivity index (χ1) is 10.7. The van der Waals surface area contributed by atoms with Gasteiger partial charge in [-0.05, 0) is 41.4 Å². The van der Waals surface area contributed by atoms with Crippen LogP contribution in [0, 0.1) is 6.92 Å². The van der Waals surface area contributed by atoms with Crippen LogP contribution >= 0.6 is 11.3 Å². The summed E-state index contributed by atoms with van der Waals surface area (Å²) in [5.41, 5.74) is 4.24. The number of rotatable bonds is 2. The molecular weight excluding hydrogens is 294 g/mol. The zero-order chi connectivity index (χ0) is 15.1. The standard InChI is InChI=1S/C17H15N3OS/c1-11-16-14(12-7-8-22-10-12)9-15(21)18-17(16)20(19-11)13-5-3-2-4-6-13/h2-8,10,14H,9H2,1H3,(H,18,21). The Bertz CT molecular complexity index is 821. The summed E-state index contributed by atoms with van der Waals surface area (Å²) < 4.78 is 1.83. The number of aromatic nitrogens is 2. The van der Waals surface area contributed by atoms with E-state index in [0.29, 0.717) is 6.42 Å². The Labute approximate surface area is 132 Å². The summed E-state index contributed by atoms with van der Waals surface area (Å²) in [7, 11) is 0. The van der Waals surface area contributed by atoms with Crippen LogP contribution in [0.1, 0.15) is 29.2 Å². The van der Waals surface area contributed by atoms with Gasteiger partial charge in [-0.1, -0.05) is 18.2 Å². The number of nitrogens with one attached hydrogen (secondary N) is 1. The lowest BCUT2D eigenvalue weighted by Gasteiger charge is -2.23. The Kier molecular flexibility index (Phi) is 3.08. The van der Waals surface area contributed by atoms with Crippen molar-refractivity contribution in [2.75, 3.05) is 5.32 Å². The Morgan fingerprint density at radius 1 is 1.27 bits per heavy atom. The fourth-order valence-electron chi connectivity index (χ4n) is 3.06. The number of carbonyl (C=O) groups is 1. The first-order valence-corrected chi connectivity index (χ1v) is 8.15. The molecular formula is C17H15N3OS. The third kappa shape index (κ3) is 2.05. The average molecular weight is 309 g/mol. The number of fused-ring (bicyclic) bond motifs is 1. The van der Waals surface area contributed by atoms with Gasteiger partial charge in [0, 0.05) is 17.9 Å². The maximum Gasteiger partial charge on any atom is 0.226 e. The van der Waals surface area contributed by atoms with Crippen molar-refractivity contribution in [2.45, 2.75) is 19.3 Å². The van der Waals surface area contributed by atoms with E-state index >= 15 is 0 Å². The van der Waals surface area contributed by atoms with Crippen LogP contribution in [0.3, 0.4) is 0 Å². The molecule has 4 nitrogen and oxygen atoms in total. The van der Waals surface area contributed by atoms with Crippen molar-refractivity contribution in [3.63, 3.8) is 0 Å². The van der Waals surface area contributed by atoms with Crippen LogP contribution in [0.2, 0.25) is 0 Å². The molecule has 0 radical (unpaired) electrons. The van der Waals surface area contributed by atoms with Gasteiger partial charge in [0.2, 0.25) is 5.91 Å². The largest absolute Gasteiger partial charge is 0.310 e. The SMILES string of the molecule is Cc1nn(-c2ccccc2)c2c1C(c1ccsc1)CC(=O)N2. The average Bonchev–Trinajstić information content (AvgIpc) is 3.16. The van der Waals surface area contributed by atoms with E-state index in [1.807, 2.05) is 41.9 Å². The summed E-state index contributed by atoms with van der Waals surface area (Å²) in [6, 6.07) is 12.0. The minimum Gasteiger partial charge on any atom is -0.310 e. The van der Waals surface area contributed by atoms with Gasteiger partial charge >= 0.3 is 0 Å². The first kappa shape index (κ1) is 13.3. The summed E-state index contributed by atoms with van der Waals surface area (Å²) in [6.45, 7) is 2.01. The molecule has 0 fully saturated rings. The molecule has 0 bridgehead atoms. The van der Waals surface area contributed by atoms with Gasteiger partial charge in [-0.25, -0.2) is 4.68 Å². The van der Waals surface area contributed by atoms with Gasteiger partial charge in [0.25, 0.3) is 0 Å². The summed E-state index contributed by atoms with van der Waals surface area (Å²) in [6.07, 6.45) is 0.477. The predicted molar refractivity (Wildman–Crippen MR) is 87.7 cm³/mol. The van der Waals surface area contributed by atoms with E-state index in [0.717, 1.165) is 22.8 Å². The van der Waals surface area contributed by atoms with E-state index in [9.17, 15) is 4.79 Å². The normalized spacial score (nSPS) is 17.1. The number of hydrogen-bond donors (Lipinski definition) is 1. The van der Waals surface area contributed by atoms with Crippen molar-refractivity contribution >= 4 is 23.1 Å². The summed E-state index contributed by atoms with van der Waals surface area (Å²) in [4.78, 5) is 12.2. The summed E-state index contributed by atoms with van der Waals surface area (Å²) in [5.74, 6) is 0.935. The number of carbonyl (C=O) groups excluding carboxylic acids is 1. The Morgan fingerprint density at radius 2 is 2.09 bits per heavy atom. The second-order valence-corrected chi connectivity index (χ2v) is 6.24. The van der Waals surface area contributed by atoms with E-state index < -0.39 is 0 Å². The van der Waals surface area contributed by atoms with Crippen LogP contribution in [0.4, 0.5) is 5.82 Å². The van der Waals surface area contributed by atoms with Crippen molar-refractivity contribution in [1.82, 2.24) is 9.78 Å². The molecule has 1 aliphatic rings. The number of thiophene rings is 1. The quantitative estimate of drug-likeness (QED) is 0.784. The molecule has 3 heterocycles. The van der Waals surface area contributed by atoms with E-state index in [-0.39, 0.29) is 11.8 Å². The van der Waals surface area contributed by atoms with Crippen LogP contribution in [-0.4, -0.2) is 15.7 Å². The maximum atomic E-state index is 12.2. The molecule has 2 aromatic heterocycles. The van der Waals surface area contributed by atoms with Crippen LogP contribution < -0.4 is 5.32 Å². The fourth-order valence-corrected chi connectivity index (χ4v) is 3.78. The molecule has 0 aliphatic carbocycles. The van der Waals surface area contributed by atoms with Gasteiger partial charge in [0.15, 0.2) is 0 Å². The lowest BCUT2D eigenvalue weighted by molar-refractivity contribution is -0.116. The van der Waals surface area contributed by atoms with Gasteiger partial charge in [0.05, 0.1) is 11.4 Å². The summed E-state index contributed by atoms with van der Waals surface area (Å²) >= 11 is 1.66. The maximum absolute atomic E-state index is 12.2. The smallest absolute Gasteiger partial charge is 0.226 e. The third-order valence-electron chi connectivity index (χ3n) is 4.05. The summed E-state index contributed by atoms with van der Waals surface area (Å²) in [5, 5.41) is 11.8. The molecule has 1 aromatic carbocycles. The van der Waals surface area contributed by atoms with Crippen molar-refractivity contribution in [3.05, 3.63) is 64.0 Å². The number of anilines is 1. The molecule has 0 saturated heterocycles. The number of nitrogens with zero attached hydrogens (tertiary/aromatic N) is 2. The second-order valence-electron chi connectivity index (χ2n) is 5.46. The molecule has 1 aliphatic heterocycles. The minimum atomic E-state index is 0.0424. The van der Waals surface area contributed by atoms with Crippen molar-refractivity contribution in [2.24, 2.45) is 0 Å². The van der Waals surface area contributed by atoms with Gasteiger partial charge in [-0.2, -0.15) is 16.4 Å².